The molecule has 20 heavy (non-hydrogen) atoms. The molecule has 0 amide bonds. The van der Waals surface area contributed by atoms with Gasteiger partial charge in [-0.25, -0.2) is 4.79 Å². The van der Waals surface area contributed by atoms with E-state index in [-0.39, 0.29) is 22.9 Å². The number of carboxylic acids is 1. The normalized spacial score (nSPS) is 10.3. The second-order valence-corrected chi connectivity index (χ2v) is 4.54. The molecule has 0 heterocycles. The summed E-state index contributed by atoms with van der Waals surface area (Å²) >= 11 is 5.87. The number of hydrogen-bond acceptors (Lipinski definition) is 3. The number of aliphatic hydroxyl groups is 1. The Hall–Kier alpha value is -2.04. The number of carbonyl (C=O) groups is 1. The average molecular weight is 293 g/mol. The zero-order valence-electron chi connectivity index (χ0n) is 10.5. The van der Waals surface area contributed by atoms with Gasteiger partial charge in [-0.1, -0.05) is 29.8 Å². The van der Waals surface area contributed by atoms with Crippen LogP contribution in [0.25, 0.3) is 0 Å². The molecule has 2 N–H and O–H groups in total. The Kier molecular flexibility index (Phi) is 4.61. The second kappa shape index (κ2) is 6.41. The van der Waals surface area contributed by atoms with Gasteiger partial charge >= 0.3 is 5.97 Å². The van der Waals surface area contributed by atoms with Crippen molar-refractivity contribution < 1.29 is 19.7 Å². The van der Waals surface area contributed by atoms with Gasteiger partial charge in [-0.2, -0.15) is 0 Å². The Labute approximate surface area is 121 Å². The molecule has 0 unspecified atom stereocenters. The topological polar surface area (TPSA) is 66.8 Å². The fraction of sp³-hybridized carbons (Fsp3) is 0.133. The summed E-state index contributed by atoms with van der Waals surface area (Å²) in [4.78, 5) is 11.2. The number of aliphatic hydroxyl groups excluding tert-OH is 1. The largest absolute Gasteiger partial charge is 0.478 e. The van der Waals surface area contributed by atoms with Crippen molar-refractivity contribution in [3.8, 4) is 11.5 Å². The molecule has 4 nitrogen and oxygen atoms in total. The molecule has 0 aliphatic heterocycles. The zero-order chi connectivity index (χ0) is 14.5. The third kappa shape index (κ3) is 3.29. The van der Waals surface area contributed by atoms with Crippen LogP contribution in [0.3, 0.4) is 0 Å². The lowest BCUT2D eigenvalue weighted by Crippen LogP contribution is -2.01. The Morgan fingerprint density at radius 2 is 1.85 bits per heavy atom. The molecular weight excluding hydrogens is 280 g/mol. The molecule has 0 bridgehead atoms. The predicted octanol–water partition coefficient (Wildman–Crippen LogP) is 3.37. The van der Waals surface area contributed by atoms with E-state index >= 15 is 0 Å². The average Bonchev–Trinajstić information content (AvgIpc) is 2.41. The monoisotopic (exact) mass is 292 g/mol. The Bertz CT molecular complexity index is 608. The van der Waals surface area contributed by atoms with Gasteiger partial charge in [0.1, 0.15) is 17.1 Å². The van der Waals surface area contributed by atoms with E-state index in [4.69, 9.17) is 26.6 Å². The van der Waals surface area contributed by atoms with E-state index in [2.05, 4.69) is 0 Å². The van der Waals surface area contributed by atoms with Crippen molar-refractivity contribution in [3.05, 3.63) is 58.6 Å². The highest BCUT2D eigenvalue weighted by Gasteiger charge is 2.16. The SMILES string of the molecule is O=C(O)c1c(Cl)cccc1Oc1ccc(CCO)cc1. The number of carboxylic acid groups (broad SMARTS) is 1. The maximum absolute atomic E-state index is 11.2. The predicted molar refractivity (Wildman–Crippen MR) is 75.7 cm³/mol. The van der Waals surface area contributed by atoms with Crippen LogP contribution in [-0.4, -0.2) is 22.8 Å². The first kappa shape index (κ1) is 14.4. The number of benzene rings is 2. The molecular formula is C15H13ClO4. The Morgan fingerprint density at radius 3 is 2.45 bits per heavy atom. The van der Waals surface area contributed by atoms with E-state index in [1.54, 1.807) is 24.3 Å². The number of hydrogen-bond donors (Lipinski definition) is 2. The molecule has 0 spiro atoms. The van der Waals surface area contributed by atoms with Crippen molar-refractivity contribution in [1.29, 1.82) is 0 Å². The van der Waals surface area contributed by atoms with Gasteiger partial charge in [0.05, 0.1) is 5.02 Å². The van der Waals surface area contributed by atoms with Crippen molar-refractivity contribution >= 4 is 17.6 Å². The lowest BCUT2D eigenvalue weighted by atomic mass is 10.1. The number of halogens is 1. The molecule has 5 heteroatoms. The molecule has 0 radical (unpaired) electrons. The van der Waals surface area contributed by atoms with Crippen LogP contribution in [0.15, 0.2) is 42.5 Å². The second-order valence-electron chi connectivity index (χ2n) is 4.14. The first-order valence-corrected chi connectivity index (χ1v) is 6.39. The van der Waals surface area contributed by atoms with E-state index in [0.717, 1.165) is 5.56 Å². The summed E-state index contributed by atoms with van der Waals surface area (Å²) in [6.45, 7) is 0.0810. The highest BCUT2D eigenvalue weighted by atomic mass is 35.5. The molecule has 2 aromatic rings. The standard InChI is InChI=1S/C15H13ClO4/c16-12-2-1-3-13(14(12)15(18)19)20-11-6-4-10(5-7-11)8-9-17/h1-7,17H,8-9H2,(H,18,19). The first-order valence-electron chi connectivity index (χ1n) is 6.01. The smallest absolute Gasteiger partial charge is 0.341 e. The number of aromatic carboxylic acids is 1. The van der Waals surface area contributed by atoms with Crippen molar-refractivity contribution in [1.82, 2.24) is 0 Å². The highest BCUT2D eigenvalue weighted by Crippen LogP contribution is 2.30. The summed E-state index contributed by atoms with van der Waals surface area (Å²) in [7, 11) is 0. The van der Waals surface area contributed by atoms with Crippen LogP contribution in [0.2, 0.25) is 5.02 Å². The van der Waals surface area contributed by atoms with Gasteiger partial charge in [0.25, 0.3) is 0 Å². The Morgan fingerprint density at radius 1 is 1.15 bits per heavy atom. The van der Waals surface area contributed by atoms with Crippen LogP contribution in [0.4, 0.5) is 0 Å². The van der Waals surface area contributed by atoms with Gasteiger partial charge in [-0.3, -0.25) is 0 Å². The fourth-order valence-corrected chi connectivity index (χ4v) is 2.02. The number of ether oxygens (including phenoxy) is 1. The molecule has 0 fully saturated rings. The summed E-state index contributed by atoms with van der Waals surface area (Å²) < 4.78 is 5.56. The molecule has 0 aromatic heterocycles. The minimum Gasteiger partial charge on any atom is -0.478 e. The maximum Gasteiger partial charge on any atom is 0.341 e. The van der Waals surface area contributed by atoms with E-state index in [1.165, 1.54) is 6.07 Å². The fourth-order valence-electron chi connectivity index (χ4n) is 1.78. The van der Waals surface area contributed by atoms with Crippen molar-refractivity contribution in [3.63, 3.8) is 0 Å². The van der Waals surface area contributed by atoms with E-state index in [0.29, 0.717) is 12.2 Å². The molecule has 0 aliphatic carbocycles. The van der Waals surface area contributed by atoms with Gasteiger partial charge in [-0.05, 0) is 36.2 Å². The molecule has 2 rings (SSSR count). The third-order valence-corrected chi connectivity index (χ3v) is 3.06. The number of rotatable bonds is 5. The molecule has 2 aromatic carbocycles. The first-order chi connectivity index (χ1) is 9.61. The third-order valence-electron chi connectivity index (χ3n) is 2.74. The summed E-state index contributed by atoms with van der Waals surface area (Å²) in [5.41, 5.74) is 0.915. The summed E-state index contributed by atoms with van der Waals surface area (Å²) in [6.07, 6.45) is 0.567. The summed E-state index contributed by atoms with van der Waals surface area (Å²) in [5.74, 6) is -0.432. The molecule has 0 saturated carbocycles. The highest BCUT2D eigenvalue weighted by molar-refractivity contribution is 6.33. The lowest BCUT2D eigenvalue weighted by molar-refractivity contribution is 0.0694. The van der Waals surface area contributed by atoms with Gasteiger partial charge in [0, 0.05) is 6.61 Å². The van der Waals surface area contributed by atoms with Crippen LogP contribution in [-0.2, 0) is 6.42 Å². The van der Waals surface area contributed by atoms with Crippen molar-refractivity contribution in [2.75, 3.05) is 6.61 Å². The van der Waals surface area contributed by atoms with Gasteiger partial charge in [0.2, 0.25) is 0 Å². The van der Waals surface area contributed by atoms with E-state index in [1.807, 2.05) is 12.1 Å². The van der Waals surface area contributed by atoms with Gasteiger partial charge in [-0.15, -0.1) is 0 Å². The van der Waals surface area contributed by atoms with Crippen molar-refractivity contribution in [2.24, 2.45) is 0 Å². The molecule has 0 aliphatic rings. The van der Waals surface area contributed by atoms with Crippen molar-refractivity contribution in [2.45, 2.75) is 6.42 Å². The molecule has 0 saturated heterocycles. The quantitative estimate of drug-likeness (QED) is 0.887. The summed E-state index contributed by atoms with van der Waals surface area (Å²) in [5, 5.41) is 18.1. The van der Waals surface area contributed by atoms with Crippen LogP contribution in [0.1, 0.15) is 15.9 Å². The minimum absolute atomic E-state index is 0.0615. The van der Waals surface area contributed by atoms with Gasteiger partial charge in [0.15, 0.2) is 0 Å². The van der Waals surface area contributed by atoms with Gasteiger partial charge < -0.3 is 14.9 Å². The maximum atomic E-state index is 11.2. The van der Waals surface area contributed by atoms with Crippen LogP contribution >= 0.6 is 11.6 Å². The van der Waals surface area contributed by atoms with E-state index < -0.39 is 5.97 Å². The van der Waals surface area contributed by atoms with E-state index in [9.17, 15) is 4.79 Å². The van der Waals surface area contributed by atoms with Crippen LogP contribution < -0.4 is 4.74 Å². The minimum atomic E-state index is -1.14. The Balaban J connectivity index is 2.26. The lowest BCUT2D eigenvalue weighted by Gasteiger charge is -2.10. The van der Waals surface area contributed by atoms with Crippen LogP contribution in [0, 0.1) is 0 Å². The molecule has 104 valence electrons. The zero-order valence-corrected chi connectivity index (χ0v) is 11.3. The molecule has 0 atom stereocenters. The summed E-state index contributed by atoms with van der Waals surface area (Å²) in [6, 6.07) is 11.8. The van der Waals surface area contributed by atoms with Crippen LogP contribution in [0.5, 0.6) is 11.5 Å².